The average Bonchev–Trinajstić information content (AvgIpc) is 3.05. The van der Waals surface area contributed by atoms with Gasteiger partial charge in [0, 0.05) is 18.6 Å². The van der Waals surface area contributed by atoms with Crippen molar-refractivity contribution in [2.24, 2.45) is 0 Å². The molecule has 0 aliphatic heterocycles. The summed E-state index contributed by atoms with van der Waals surface area (Å²) < 4.78 is 6.79. The molecule has 0 aliphatic carbocycles. The van der Waals surface area contributed by atoms with Gasteiger partial charge in [-0.1, -0.05) is 17.7 Å². The molecule has 0 saturated heterocycles. The number of H-pyrrole nitrogens is 1. The Morgan fingerprint density at radius 1 is 1.25 bits per heavy atom. The molecule has 0 amide bonds. The molecular weight excluding hydrogens is 380 g/mol. The average molecular weight is 397 g/mol. The number of fused-ring (bicyclic) bond motifs is 2. The van der Waals surface area contributed by atoms with Crippen LogP contribution in [0.25, 0.3) is 27.8 Å². The number of anilines is 1. The molecule has 3 heterocycles. The second kappa shape index (κ2) is 7.01. The highest BCUT2D eigenvalue weighted by atomic mass is 35.5. The topological polar surface area (TPSA) is 88.5 Å². The Kier molecular flexibility index (Phi) is 4.52. The zero-order valence-electron chi connectivity index (χ0n) is 15.2. The number of imidazole rings is 1. The Balaban J connectivity index is 1.98. The van der Waals surface area contributed by atoms with Crippen molar-refractivity contribution < 1.29 is 9.53 Å². The zero-order chi connectivity index (χ0) is 19.8. The van der Waals surface area contributed by atoms with Crippen LogP contribution in [0.1, 0.15) is 17.4 Å². The summed E-state index contributed by atoms with van der Waals surface area (Å²) in [5.74, 6) is -0.569. The first-order chi connectivity index (χ1) is 13.5. The van der Waals surface area contributed by atoms with E-state index in [1.165, 1.54) is 6.07 Å². The lowest BCUT2D eigenvalue weighted by Crippen LogP contribution is -2.05. The van der Waals surface area contributed by atoms with E-state index in [2.05, 4.69) is 15.3 Å². The maximum Gasteiger partial charge on any atom is 0.360 e. The summed E-state index contributed by atoms with van der Waals surface area (Å²) in [6.45, 7) is 1.96. The fraction of sp³-hybridized carbons (Fsp3) is 0.150. The Bertz CT molecular complexity index is 1280. The van der Waals surface area contributed by atoms with Crippen LogP contribution in [0.15, 0.2) is 47.3 Å². The lowest BCUT2D eigenvalue weighted by molar-refractivity contribution is 0.0520. The monoisotopic (exact) mass is 396 g/mol. The highest BCUT2D eigenvalue weighted by Crippen LogP contribution is 2.32. The Morgan fingerprint density at radius 2 is 2.07 bits per heavy atom. The van der Waals surface area contributed by atoms with Crippen LogP contribution in [0.5, 0.6) is 0 Å². The molecule has 4 aromatic rings. The van der Waals surface area contributed by atoms with Crippen LogP contribution in [-0.4, -0.2) is 34.0 Å². The van der Waals surface area contributed by atoms with Gasteiger partial charge in [0.05, 0.1) is 18.0 Å². The Hall–Kier alpha value is -3.32. The number of nitrogens with one attached hydrogen (secondary N) is 2. The van der Waals surface area contributed by atoms with E-state index in [1.54, 1.807) is 24.4 Å². The van der Waals surface area contributed by atoms with Crippen LogP contribution < -0.4 is 10.9 Å². The van der Waals surface area contributed by atoms with Gasteiger partial charge in [0.15, 0.2) is 11.3 Å². The first kappa shape index (κ1) is 18.1. The van der Waals surface area contributed by atoms with Gasteiger partial charge in [-0.25, -0.2) is 9.78 Å². The van der Waals surface area contributed by atoms with Gasteiger partial charge in [-0.3, -0.25) is 9.20 Å². The van der Waals surface area contributed by atoms with Crippen molar-refractivity contribution in [2.45, 2.75) is 6.92 Å². The second-order valence-corrected chi connectivity index (χ2v) is 6.50. The summed E-state index contributed by atoms with van der Waals surface area (Å²) in [5, 5.41) is 4.12. The van der Waals surface area contributed by atoms with Crippen molar-refractivity contribution >= 4 is 39.8 Å². The SMILES string of the molecule is CCOC(=O)c1nc2c(NC)ccc(-c3ccc4[nH]c(=O)ccc4c3)n2c1Cl. The molecule has 0 radical (unpaired) electrons. The summed E-state index contributed by atoms with van der Waals surface area (Å²) in [4.78, 5) is 31.0. The molecule has 1 aromatic carbocycles. The molecule has 3 aromatic heterocycles. The molecule has 0 aliphatic rings. The summed E-state index contributed by atoms with van der Waals surface area (Å²) in [6.07, 6.45) is 0. The normalized spacial score (nSPS) is 11.1. The summed E-state index contributed by atoms with van der Waals surface area (Å²) in [5.41, 5.74) is 3.52. The molecule has 0 unspecified atom stereocenters. The number of hydrogen-bond donors (Lipinski definition) is 2. The molecule has 0 saturated carbocycles. The second-order valence-electron chi connectivity index (χ2n) is 6.14. The standard InChI is InChI=1S/C20H17ClN4O3/c1-3-28-20(27)17-18(21)25-15(8-7-14(22-2)19(25)24-17)12-4-6-13-11(10-12)5-9-16(26)23-13/h4-10,22H,3H2,1-2H3,(H,23,26). The van der Waals surface area contributed by atoms with Crippen molar-refractivity contribution in [1.29, 1.82) is 0 Å². The van der Waals surface area contributed by atoms with E-state index in [0.29, 0.717) is 5.65 Å². The number of hydrogen-bond acceptors (Lipinski definition) is 5. The van der Waals surface area contributed by atoms with Crippen LogP contribution in [0.4, 0.5) is 5.69 Å². The van der Waals surface area contributed by atoms with E-state index < -0.39 is 5.97 Å². The van der Waals surface area contributed by atoms with E-state index >= 15 is 0 Å². The summed E-state index contributed by atoms with van der Waals surface area (Å²) in [6, 6.07) is 12.7. The predicted octanol–water partition coefficient (Wildman–Crippen LogP) is 3.71. The summed E-state index contributed by atoms with van der Waals surface area (Å²) >= 11 is 6.54. The van der Waals surface area contributed by atoms with E-state index in [-0.39, 0.29) is 23.0 Å². The molecule has 0 fully saturated rings. The Morgan fingerprint density at radius 3 is 2.82 bits per heavy atom. The van der Waals surface area contributed by atoms with Gasteiger partial charge in [0.1, 0.15) is 5.15 Å². The van der Waals surface area contributed by atoms with E-state index in [9.17, 15) is 9.59 Å². The predicted molar refractivity (Wildman–Crippen MR) is 109 cm³/mol. The fourth-order valence-electron chi connectivity index (χ4n) is 3.18. The number of ether oxygens (including phenoxy) is 1. The van der Waals surface area contributed by atoms with Crippen LogP contribution in [0.2, 0.25) is 5.15 Å². The molecule has 4 rings (SSSR count). The lowest BCUT2D eigenvalue weighted by Gasteiger charge is -2.11. The number of esters is 1. The van der Waals surface area contributed by atoms with Gasteiger partial charge < -0.3 is 15.0 Å². The van der Waals surface area contributed by atoms with Crippen LogP contribution >= 0.6 is 11.6 Å². The smallest absolute Gasteiger partial charge is 0.360 e. The minimum absolute atomic E-state index is 0.0672. The van der Waals surface area contributed by atoms with Gasteiger partial charge >= 0.3 is 5.97 Å². The van der Waals surface area contributed by atoms with Crippen LogP contribution in [-0.2, 0) is 4.74 Å². The maximum absolute atomic E-state index is 12.3. The van der Waals surface area contributed by atoms with Crippen LogP contribution in [0.3, 0.4) is 0 Å². The van der Waals surface area contributed by atoms with Gasteiger partial charge in [-0.15, -0.1) is 0 Å². The number of pyridine rings is 2. The number of nitrogens with zero attached hydrogens (tertiary/aromatic N) is 2. The quantitative estimate of drug-likeness (QED) is 0.513. The summed E-state index contributed by atoms with van der Waals surface area (Å²) in [7, 11) is 1.77. The third-order valence-electron chi connectivity index (χ3n) is 4.47. The number of aromatic amines is 1. The molecule has 142 valence electrons. The first-order valence-corrected chi connectivity index (χ1v) is 9.10. The highest BCUT2D eigenvalue weighted by Gasteiger charge is 2.22. The van der Waals surface area contributed by atoms with Gasteiger partial charge in [-0.2, -0.15) is 0 Å². The van der Waals surface area contributed by atoms with Crippen molar-refractivity contribution in [3.8, 4) is 11.3 Å². The molecular formula is C20H17ClN4O3. The molecule has 7 nitrogen and oxygen atoms in total. The Labute approximate surface area is 164 Å². The molecule has 2 N–H and O–H groups in total. The van der Waals surface area contributed by atoms with Crippen molar-refractivity contribution in [3.05, 3.63) is 63.7 Å². The minimum Gasteiger partial charge on any atom is -0.461 e. The van der Waals surface area contributed by atoms with Crippen molar-refractivity contribution in [2.75, 3.05) is 19.0 Å². The zero-order valence-corrected chi connectivity index (χ0v) is 16.0. The molecule has 0 bridgehead atoms. The number of carbonyl (C=O) groups excluding carboxylic acids is 1. The molecule has 0 spiro atoms. The molecule has 28 heavy (non-hydrogen) atoms. The fourth-order valence-corrected chi connectivity index (χ4v) is 3.47. The largest absolute Gasteiger partial charge is 0.461 e. The van der Waals surface area contributed by atoms with Gasteiger partial charge in [0.2, 0.25) is 5.56 Å². The number of benzene rings is 1. The molecule has 8 heteroatoms. The van der Waals surface area contributed by atoms with E-state index in [1.807, 2.05) is 30.3 Å². The van der Waals surface area contributed by atoms with E-state index in [0.717, 1.165) is 27.8 Å². The van der Waals surface area contributed by atoms with Crippen molar-refractivity contribution in [1.82, 2.24) is 14.4 Å². The van der Waals surface area contributed by atoms with Gasteiger partial charge in [-0.05, 0) is 48.2 Å². The van der Waals surface area contributed by atoms with Gasteiger partial charge in [0.25, 0.3) is 0 Å². The number of carbonyl (C=O) groups is 1. The maximum atomic E-state index is 12.3. The highest BCUT2D eigenvalue weighted by molar-refractivity contribution is 6.33. The third kappa shape index (κ3) is 2.90. The molecule has 0 atom stereocenters. The van der Waals surface area contributed by atoms with E-state index in [4.69, 9.17) is 16.3 Å². The van der Waals surface area contributed by atoms with Crippen molar-refractivity contribution in [3.63, 3.8) is 0 Å². The number of aromatic nitrogens is 3. The first-order valence-electron chi connectivity index (χ1n) is 8.72. The number of rotatable bonds is 4. The minimum atomic E-state index is -0.569. The lowest BCUT2D eigenvalue weighted by atomic mass is 10.1. The third-order valence-corrected chi connectivity index (χ3v) is 4.82. The van der Waals surface area contributed by atoms with Crippen LogP contribution in [0, 0.1) is 0 Å². The number of halogens is 1.